The molecule has 2 saturated heterocycles. The molecule has 2 heterocycles. The fourth-order valence-electron chi connectivity index (χ4n) is 3.97. The van der Waals surface area contributed by atoms with Crippen molar-refractivity contribution in [3.8, 4) is 0 Å². The van der Waals surface area contributed by atoms with Crippen molar-refractivity contribution in [2.45, 2.75) is 50.7 Å². The number of nitrogens with one attached hydrogen (secondary N) is 2. The number of hydrogen-bond donors (Lipinski definition) is 2. The summed E-state index contributed by atoms with van der Waals surface area (Å²) >= 11 is 0. The summed E-state index contributed by atoms with van der Waals surface area (Å²) < 4.78 is 25.5. The van der Waals surface area contributed by atoms with Crippen LogP contribution in [-0.2, 0) is 14.8 Å². The predicted octanol–water partition coefficient (Wildman–Crippen LogP) is 1.33. The van der Waals surface area contributed by atoms with Crippen molar-refractivity contribution < 1.29 is 18.0 Å². The Bertz CT molecular complexity index is 762. The Morgan fingerprint density at radius 1 is 1.08 bits per heavy atom. The van der Waals surface area contributed by atoms with E-state index < -0.39 is 10.0 Å². The topological polar surface area (TPSA) is 95.6 Å². The van der Waals surface area contributed by atoms with Crippen LogP contribution in [0.3, 0.4) is 0 Å². The first-order valence-corrected chi connectivity index (χ1v) is 10.3. The van der Waals surface area contributed by atoms with Crippen molar-refractivity contribution >= 4 is 27.5 Å². The van der Waals surface area contributed by atoms with Crippen molar-refractivity contribution in [1.29, 1.82) is 0 Å². The third kappa shape index (κ3) is 4.01. The molecule has 2 amide bonds. The average Bonchev–Trinajstić information content (AvgIpc) is 2.80. The molecule has 0 aromatic heterocycles. The number of nitrogens with zero attached hydrogens (tertiary/aromatic N) is 1. The van der Waals surface area contributed by atoms with Gasteiger partial charge >= 0.3 is 0 Å². The lowest BCUT2D eigenvalue weighted by atomic mass is 9.99. The Morgan fingerprint density at radius 2 is 1.64 bits per heavy atom. The number of rotatable bonds is 4. The lowest BCUT2D eigenvalue weighted by Crippen LogP contribution is -2.52. The van der Waals surface area contributed by atoms with E-state index in [0.29, 0.717) is 24.1 Å². The Labute approximate surface area is 147 Å². The SMILES string of the molecule is CC(=O)Nc1ccc(C(=O)NC2C[C@H]3CC[C@@H](C2)N3S(C)(=O)=O)cc1. The normalized spacial score (nSPS) is 26.2. The molecule has 1 aromatic rings. The Morgan fingerprint density at radius 3 is 2.12 bits per heavy atom. The minimum absolute atomic E-state index is 0.0128. The van der Waals surface area contributed by atoms with Gasteiger partial charge in [0.1, 0.15) is 0 Å². The molecule has 2 N–H and O–H groups in total. The molecule has 3 rings (SSSR count). The number of piperidine rings is 1. The molecule has 8 heteroatoms. The summed E-state index contributed by atoms with van der Waals surface area (Å²) in [7, 11) is -3.19. The summed E-state index contributed by atoms with van der Waals surface area (Å²) in [4.78, 5) is 23.5. The van der Waals surface area contributed by atoms with Gasteiger partial charge < -0.3 is 10.6 Å². The van der Waals surface area contributed by atoms with Gasteiger partial charge in [0.15, 0.2) is 0 Å². The molecule has 0 spiro atoms. The van der Waals surface area contributed by atoms with Crippen molar-refractivity contribution in [2.75, 3.05) is 11.6 Å². The molecule has 1 unspecified atom stereocenters. The molecule has 0 saturated carbocycles. The van der Waals surface area contributed by atoms with Crippen LogP contribution in [0, 0.1) is 0 Å². The van der Waals surface area contributed by atoms with Crippen molar-refractivity contribution in [1.82, 2.24) is 9.62 Å². The van der Waals surface area contributed by atoms with E-state index >= 15 is 0 Å². The van der Waals surface area contributed by atoms with Crippen LogP contribution in [0.1, 0.15) is 43.0 Å². The third-order valence-corrected chi connectivity index (χ3v) is 6.21. The highest BCUT2D eigenvalue weighted by molar-refractivity contribution is 7.88. The van der Waals surface area contributed by atoms with E-state index in [1.807, 2.05) is 0 Å². The number of carbonyl (C=O) groups is 2. The van der Waals surface area contributed by atoms with Crippen LogP contribution in [0.5, 0.6) is 0 Å². The van der Waals surface area contributed by atoms with Crippen LogP contribution >= 0.6 is 0 Å². The fourth-order valence-corrected chi connectivity index (χ4v) is 5.44. The quantitative estimate of drug-likeness (QED) is 0.841. The number of fused-ring (bicyclic) bond motifs is 2. The molecule has 0 radical (unpaired) electrons. The Balaban J connectivity index is 1.62. The van der Waals surface area contributed by atoms with Crippen molar-refractivity contribution in [3.63, 3.8) is 0 Å². The predicted molar refractivity (Wildman–Crippen MR) is 94.7 cm³/mol. The number of amides is 2. The van der Waals surface area contributed by atoms with Crippen LogP contribution in [-0.4, -0.2) is 48.9 Å². The molecule has 2 aliphatic rings. The first-order chi connectivity index (χ1) is 11.7. The summed E-state index contributed by atoms with van der Waals surface area (Å²) in [5, 5.41) is 5.68. The Hall–Kier alpha value is -1.93. The first-order valence-electron chi connectivity index (χ1n) is 8.41. The van der Waals surface area contributed by atoms with Crippen LogP contribution in [0.15, 0.2) is 24.3 Å². The monoisotopic (exact) mass is 365 g/mol. The number of sulfonamides is 1. The summed E-state index contributed by atoms with van der Waals surface area (Å²) in [6.45, 7) is 1.43. The van der Waals surface area contributed by atoms with Gasteiger partial charge in [-0.2, -0.15) is 4.31 Å². The van der Waals surface area contributed by atoms with Gasteiger partial charge in [-0.3, -0.25) is 9.59 Å². The standard InChI is InChI=1S/C17H23N3O4S/c1-11(21)18-13-5-3-12(4-6-13)17(22)19-14-9-15-7-8-16(10-14)20(15)25(2,23)24/h3-6,14-16H,7-10H2,1-2H3,(H,18,21)(H,19,22)/t14?,15-,16+. The molecule has 136 valence electrons. The van der Waals surface area contributed by atoms with Crippen LogP contribution in [0.25, 0.3) is 0 Å². The van der Waals surface area contributed by atoms with Gasteiger partial charge in [-0.05, 0) is 49.9 Å². The smallest absolute Gasteiger partial charge is 0.251 e. The summed E-state index contributed by atoms with van der Waals surface area (Å²) in [5.41, 5.74) is 1.16. The third-order valence-electron chi connectivity index (χ3n) is 4.85. The zero-order valence-corrected chi connectivity index (χ0v) is 15.2. The van der Waals surface area contributed by atoms with Gasteiger partial charge in [-0.25, -0.2) is 8.42 Å². The van der Waals surface area contributed by atoms with Crippen molar-refractivity contribution in [2.24, 2.45) is 0 Å². The summed E-state index contributed by atoms with van der Waals surface area (Å²) in [6.07, 6.45) is 4.28. The molecular formula is C17H23N3O4S. The van der Waals surface area contributed by atoms with Gasteiger partial charge in [-0.1, -0.05) is 0 Å². The largest absolute Gasteiger partial charge is 0.349 e. The van der Waals surface area contributed by atoms with E-state index in [4.69, 9.17) is 0 Å². The second-order valence-corrected chi connectivity index (χ2v) is 8.77. The van der Waals surface area contributed by atoms with E-state index in [9.17, 15) is 18.0 Å². The number of hydrogen-bond acceptors (Lipinski definition) is 4. The number of anilines is 1. The highest BCUT2D eigenvalue weighted by Crippen LogP contribution is 2.37. The Kier molecular flexibility index (Phi) is 4.83. The van der Waals surface area contributed by atoms with Gasteiger partial charge in [0.05, 0.1) is 6.26 Å². The highest BCUT2D eigenvalue weighted by Gasteiger charge is 2.45. The maximum Gasteiger partial charge on any atom is 0.251 e. The molecule has 2 aliphatic heterocycles. The summed E-state index contributed by atoms with van der Waals surface area (Å²) in [6, 6.07) is 6.67. The van der Waals surface area contributed by atoms with Crippen LogP contribution < -0.4 is 10.6 Å². The summed E-state index contributed by atoms with van der Waals surface area (Å²) in [5.74, 6) is -0.336. The van der Waals surface area contributed by atoms with Gasteiger partial charge in [0, 0.05) is 36.3 Å². The lowest BCUT2D eigenvalue weighted by Gasteiger charge is -2.37. The van der Waals surface area contributed by atoms with Gasteiger partial charge in [0.2, 0.25) is 15.9 Å². The minimum atomic E-state index is -3.19. The van der Waals surface area contributed by atoms with Crippen LogP contribution in [0.4, 0.5) is 5.69 Å². The molecular weight excluding hydrogens is 342 g/mol. The van der Waals surface area contributed by atoms with E-state index in [0.717, 1.165) is 12.8 Å². The first kappa shape index (κ1) is 17.9. The van der Waals surface area contributed by atoms with E-state index in [-0.39, 0.29) is 29.9 Å². The highest BCUT2D eigenvalue weighted by atomic mass is 32.2. The number of carbonyl (C=O) groups excluding carboxylic acids is 2. The van der Waals surface area contributed by atoms with Crippen molar-refractivity contribution in [3.05, 3.63) is 29.8 Å². The van der Waals surface area contributed by atoms with Gasteiger partial charge in [-0.15, -0.1) is 0 Å². The van der Waals surface area contributed by atoms with Gasteiger partial charge in [0.25, 0.3) is 5.91 Å². The lowest BCUT2D eigenvalue weighted by molar-refractivity contribution is -0.114. The zero-order valence-electron chi connectivity index (χ0n) is 14.4. The average molecular weight is 365 g/mol. The van der Waals surface area contributed by atoms with E-state index in [1.165, 1.54) is 13.2 Å². The number of benzene rings is 1. The maximum absolute atomic E-state index is 12.4. The molecule has 2 fully saturated rings. The van der Waals surface area contributed by atoms with Crippen LogP contribution in [0.2, 0.25) is 0 Å². The molecule has 1 aromatic carbocycles. The molecule has 25 heavy (non-hydrogen) atoms. The molecule has 0 aliphatic carbocycles. The maximum atomic E-state index is 12.4. The fraction of sp³-hybridized carbons (Fsp3) is 0.529. The minimum Gasteiger partial charge on any atom is -0.349 e. The zero-order chi connectivity index (χ0) is 18.2. The molecule has 3 atom stereocenters. The molecule has 7 nitrogen and oxygen atoms in total. The molecule has 2 bridgehead atoms. The second-order valence-electron chi connectivity index (χ2n) is 6.88. The second kappa shape index (κ2) is 6.76. The van der Waals surface area contributed by atoms with E-state index in [2.05, 4.69) is 10.6 Å². The van der Waals surface area contributed by atoms with E-state index in [1.54, 1.807) is 28.6 Å².